The van der Waals surface area contributed by atoms with Gasteiger partial charge in [-0.15, -0.1) is 0 Å². The van der Waals surface area contributed by atoms with Crippen molar-refractivity contribution in [2.45, 2.75) is 19.0 Å². The number of likely N-dealkylation sites (N-methyl/N-ethyl adjacent to an activating group) is 1. The minimum Gasteiger partial charge on any atom is -0.329 e. The van der Waals surface area contributed by atoms with E-state index in [2.05, 4.69) is 34.9 Å². The van der Waals surface area contributed by atoms with Gasteiger partial charge < -0.3 is 10.6 Å². The molecule has 0 spiro atoms. The molecule has 2 rings (SSSR count). The molecule has 5 heteroatoms. The summed E-state index contributed by atoms with van der Waals surface area (Å²) in [5.74, 6) is 0. The lowest BCUT2D eigenvalue weighted by Crippen LogP contribution is -2.55. The van der Waals surface area contributed by atoms with Crippen molar-refractivity contribution in [2.24, 2.45) is 12.8 Å². The van der Waals surface area contributed by atoms with Crippen molar-refractivity contribution in [3.63, 3.8) is 0 Å². The second-order valence-electron chi connectivity index (χ2n) is 4.95. The number of hydrogen-bond donors (Lipinski definition) is 1. The van der Waals surface area contributed by atoms with E-state index in [9.17, 15) is 0 Å². The lowest BCUT2D eigenvalue weighted by molar-refractivity contribution is 0.0593. The number of aryl methyl sites for hydroxylation is 1. The average molecular weight is 237 g/mol. The molecule has 96 valence electrons. The molecule has 2 atom stereocenters. The second-order valence-corrected chi connectivity index (χ2v) is 4.95. The monoisotopic (exact) mass is 237 g/mol. The van der Waals surface area contributed by atoms with E-state index in [1.165, 1.54) is 5.69 Å². The molecule has 1 aromatic heterocycles. The van der Waals surface area contributed by atoms with Crippen molar-refractivity contribution in [1.82, 2.24) is 19.6 Å². The molecule has 0 saturated carbocycles. The molecular formula is C12H23N5. The van der Waals surface area contributed by atoms with Gasteiger partial charge in [-0.05, 0) is 20.0 Å². The van der Waals surface area contributed by atoms with E-state index in [4.69, 9.17) is 5.73 Å². The molecule has 1 aromatic rings. The topological polar surface area (TPSA) is 50.3 Å². The van der Waals surface area contributed by atoms with E-state index < -0.39 is 0 Å². The Morgan fingerprint density at radius 3 is 2.82 bits per heavy atom. The molecule has 0 radical (unpaired) electrons. The summed E-state index contributed by atoms with van der Waals surface area (Å²) in [6.45, 7) is 6.19. The third-order valence-electron chi connectivity index (χ3n) is 3.79. The van der Waals surface area contributed by atoms with Crippen LogP contribution >= 0.6 is 0 Å². The van der Waals surface area contributed by atoms with Gasteiger partial charge in [0.2, 0.25) is 0 Å². The summed E-state index contributed by atoms with van der Waals surface area (Å²) >= 11 is 0. The standard InChI is InChI=1S/C12H23N5/c1-10(12-4-5-14-16(12)3)17-7-6-15(2)9-11(17)8-13/h4-5,10-11H,6-9,13H2,1-3H3. The van der Waals surface area contributed by atoms with Crippen LogP contribution in [0, 0.1) is 0 Å². The van der Waals surface area contributed by atoms with Gasteiger partial charge in [-0.2, -0.15) is 5.10 Å². The van der Waals surface area contributed by atoms with Crippen LogP contribution in [-0.4, -0.2) is 58.8 Å². The molecule has 1 fully saturated rings. The summed E-state index contributed by atoms with van der Waals surface area (Å²) in [6, 6.07) is 2.92. The van der Waals surface area contributed by atoms with E-state index in [0.717, 1.165) is 19.6 Å². The Kier molecular flexibility index (Phi) is 3.81. The highest BCUT2D eigenvalue weighted by Crippen LogP contribution is 2.23. The molecule has 1 aliphatic rings. The third-order valence-corrected chi connectivity index (χ3v) is 3.79. The Labute approximate surface area is 103 Å². The van der Waals surface area contributed by atoms with E-state index in [-0.39, 0.29) is 0 Å². The molecule has 2 N–H and O–H groups in total. The van der Waals surface area contributed by atoms with Crippen LogP contribution in [0.4, 0.5) is 0 Å². The zero-order chi connectivity index (χ0) is 12.4. The predicted molar refractivity (Wildman–Crippen MR) is 68.7 cm³/mol. The summed E-state index contributed by atoms with van der Waals surface area (Å²) in [5.41, 5.74) is 7.15. The number of nitrogens with zero attached hydrogens (tertiary/aromatic N) is 4. The number of nitrogens with two attached hydrogens (primary N) is 1. The van der Waals surface area contributed by atoms with E-state index >= 15 is 0 Å². The highest BCUT2D eigenvalue weighted by molar-refractivity contribution is 5.07. The van der Waals surface area contributed by atoms with Gasteiger partial charge in [-0.25, -0.2) is 0 Å². The first-order valence-electron chi connectivity index (χ1n) is 6.25. The van der Waals surface area contributed by atoms with Crippen molar-refractivity contribution < 1.29 is 0 Å². The summed E-state index contributed by atoms with van der Waals surface area (Å²) in [6.07, 6.45) is 1.86. The van der Waals surface area contributed by atoms with Crippen molar-refractivity contribution in [3.05, 3.63) is 18.0 Å². The van der Waals surface area contributed by atoms with Gasteiger partial charge in [0, 0.05) is 51.5 Å². The number of rotatable bonds is 3. The van der Waals surface area contributed by atoms with Gasteiger partial charge in [0.1, 0.15) is 0 Å². The smallest absolute Gasteiger partial charge is 0.0549 e. The molecule has 0 amide bonds. The number of aromatic nitrogens is 2. The first-order chi connectivity index (χ1) is 8.13. The Morgan fingerprint density at radius 2 is 2.24 bits per heavy atom. The Hall–Kier alpha value is -0.910. The molecule has 17 heavy (non-hydrogen) atoms. The fourth-order valence-electron chi connectivity index (χ4n) is 2.71. The molecule has 1 saturated heterocycles. The van der Waals surface area contributed by atoms with Crippen molar-refractivity contribution in [3.8, 4) is 0 Å². The van der Waals surface area contributed by atoms with Gasteiger partial charge in [0.15, 0.2) is 0 Å². The highest BCUT2D eigenvalue weighted by Gasteiger charge is 2.29. The van der Waals surface area contributed by atoms with Gasteiger partial charge >= 0.3 is 0 Å². The van der Waals surface area contributed by atoms with Crippen molar-refractivity contribution in [1.29, 1.82) is 0 Å². The Balaban J connectivity index is 2.13. The SMILES string of the molecule is CC(c1ccnn1C)N1CCN(C)CC1CN. The lowest BCUT2D eigenvalue weighted by atomic mass is 10.1. The zero-order valence-corrected chi connectivity index (χ0v) is 11.0. The van der Waals surface area contributed by atoms with Crippen LogP contribution in [0.15, 0.2) is 12.3 Å². The van der Waals surface area contributed by atoms with Crippen LogP contribution < -0.4 is 5.73 Å². The van der Waals surface area contributed by atoms with Gasteiger partial charge in [-0.1, -0.05) is 0 Å². The summed E-state index contributed by atoms with van der Waals surface area (Å²) in [7, 11) is 4.16. The van der Waals surface area contributed by atoms with Crippen molar-refractivity contribution >= 4 is 0 Å². The van der Waals surface area contributed by atoms with Crippen LogP contribution in [-0.2, 0) is 7.05 Å². The molecule has 0 bridgehead atoms. The molecule has 1 aliphatic heterocycles. The Bertz CT molecular complexity index is 362. The van der Waals surface area contributed by atoms with Gasteiger partial charge in [0.25, 0.3) is 0 Å². The lowest BCUT2D eigenvalue weighted by Gasteiger charge is -2.42. The van der Waals surface area contributed by atoms with Crippen LogP contribution in [0.25, 0.3) is 0 Å². The minimum absolute atomic E-state index is 0.379. The largest absolute Gasteiger partial charge is 0.329 e. The van der Waals surface area contributed by atoms with E-state index in [0.29, 0.717) is 18.6 Å². The first kappa shape index (κ1) is 12.5. The maximum Gasteiger partial charge on any atom is 0.0549 e. The minimum atomic E-state index is 0.379. The Morgan fingerprint density at radius 1 is 1.47 bits per heavy atom. The van der Waals surface area contributed by atoms with Crippen molar-refractivity contribution in [2.75, 3.05) is 33.2 Å². The van der Waals surface area contributed by atoms with Gasteiger partial charge in [-0.3, -0.25) is 9.58 Å². The third kappa shape index (κ3) is 2.51. The molecule has 2 heterocycles. The molecule has 5 nitrogen and oxygen atoms in total. The van der Waals surface area contributed by atoms with Crippen LogP contribution in [0.2, 0.25) is 0 Å². The fourth-order valence-corrected chi connectivity index (χ4v) is 2.71. The fraction of sp³-hybridized carbons (Fsp3) is 0.750. The number of piperazine rings is 1. The van der Waals surface area contributed by atoms with Gasteiger partial charge in [0.05, 0.1) is 5.69 Å². The quantitative estimate of drug-likeness (QED) is 0.807. The van der Waals surface area contributed by atoms with E-state index in [1.807, 2.05) is 17.9 Å². The van der Waals surface area contributed by atoms with Crippen LogP contribution in [0.5, 0.6) is 0 Å². The summed E-state index contributed by atoms with van der Waals surface area (Å²) in [5, 5.41) is 4.25. The average Bonchev–Trinajstić information content (AvgIpc) is 2.74. The zero-order valence-electron chi connectivity index (χ0n) is 11.0. The summed E-state index contributed by atoms with van der Waals surface area (Å²) in [4.78, 5) is 4.85. The maximum atomic E-state index is 5.89. The molecular weight excluding hydrogens is 214 g/mol. The first-order valence-corrected chi connectivity index (χ1v) is 6.25. The second kappa shape index (κ2) is 5.16. The maximum absolute atomic E-state index is 5.89. The van der Waals surface area contributed by atoms with Crippen LogP contribution in [0.1, 0.15) is 18.7 Å². The van der Waals surface area contributed by atoms with E-state index in [1.54, 1.807) is 0 Å². The molecule has 2 unspecified atom stereocenters. The molecule has 0 aliphatic carbocycles. The highest BCUT2D eigenvalue weighted by atomic mass is 15.3. The summed E-state index contributed by atoms with van der Waals surface area (Å²) < 4.78 is 1.95. The predicted octanol–water partition coefficient (Wildman–Crippen LogP) is 0.0558. The van der Waals surface area contributed by atoms with Crippen LogP contribution in [0.3, 0.4) is 0 Å². The molecule has 0 aromatic carbocycles. The number of hydrogen-bond acceptors (Lipinski definition) is 4. The normalized spacial score (nSPS) is 25.1.